The van der Waals surface area contributed by atoms with E-state index >= 15 is 0 Å². The number of piperidine rings is 1. The van der Waals surface area contributed by atoms with Gasteiger partial charge in [-0.05, 0) is 24.8 Å². The topological polar surface area (TPSA) is 61.8 Å². The normalized spacial score (nSPS) is 24.6. The van der Waals surface area contributed by atoms with Crippen LogP contribution in [0.4, 0.5) is 0 Å². The maximum atomic E-state index is 12.4. The molecular weight excluding hydrogens is 232 g/mol. The van der Waals surface area contributed by atoms with Gasteiger partial charge in [0.25, 0.3) is 0 Å². The molecule has 0 aromatic heterocycles. The van der Waals surface area contributed by atoms with Crippen molar-refractivity contribution in [2.24, 2.45) is 5.41 Å². The van der Waals surface area contributed by atoms with E-state index in [1.54, 1.807) is 11.9 Å². The van der Waals surface area contributed by atoms with Gasteiger partial charge in [0.15, 0.2) is 0 Å². The average Bonchev–Trinajstić information content (AvgIpc) is 2.27. The summed E-state index contributed by atoms with van der Waals surface area (Å²) in [6, 6.07) is -0.161. The Morgan fingerprint density at radius 3 is 2.83 bits per heavy atom. The van der Waals surface area contributed by atoms with Crippen LogP contribution < -0.4 is 5.32 Å². The average molecular weight is 258 g/mol. The molecule has 2 unspecified atom stereocenters. The van der Waals surface area contributed by atoms with E-state index in [-0.39, 0.29) is 24.0 Å². The predicted octanol–water partition coefficient (Wildman–Crippen LogP) is 0.230. The molecule has 1 saturated heterocycles. The van der Waals surface area contributed by atoms with Crippen molar-refractivity contribution in [2.45, 2.75) is 38.8 Å². The summed E-state index contributed by atoms with van der Waals surface area (Å²) in [6.07, 6.45) is 1.52. The van der Waals surface area contributed by atoms with Gasteiger partial charge in [0, 0.05) is 20.7 Å². The standard InChI is InChI=1S/C13H26N2O3/c1-13(2)6-5-7-14-11(13)12(17)15(3)8-10(16)9-18-4/h10-11,14,16H,5-9H2,1-4H3. The first kappa shape index (κ1) is 15.4. The van der Waals surface area contributed by atoms with Gasteiger partial charge in [0.2, 0.25) is 5.91 Å². The monoisotopic (exact) mass is 258 g/mol. The maximum Gasteiger partial charge on any atom is 0.240 e. The van der Waals surface area contributed by atoms with E-state index < -0.39 is 6.10 Å². The van der Waals surface area contributed by atoms with Crippen LogP contribution in [0.1, 0.15) is 26.7 Å². The Bertz CT molecular complexity index is 281. The Kier molecular flexibility index (Phi) is 5.56. The van der Waals surface area contributed by atoms with Gasteiger partial charge in [-0.3, -0.25) is 4.79 Å². The summed E-state index contributed by atoms with van der Waals surface area (Å²) in [5.74, 6) is 0.0508. The molecule has 0 spiro atoms. The summed E-state index contributed by atoms with van der Waals surface area (Å²) in [5.41, 5.74) is -0.0319. The van der Waals surface area contributed by atoms with Crippen LogP contribution in [0.15, 0.2) is 0 Å². The molecular formula is C13H26N2O3. The highest BCUT2D eigenvalue weighted by molar-refractivity contribution is 5.82. The van der Waals surface area contributed by atoms with Crippen molar-refractivity contribution in [3.05, 3.63) is 0 Å². The molecule has 0 aromatic carbocycles. The van der Waals surface area contributed by atoms with Crippen molar-refractivity contribution in [3.8, 4) is 0 Å². The molecule has 2 N–H and O–H groups in total. The molecule has 0 radical (unpaired) electrons. The van der Waals surface area contributed by atoms with Crippen molar-refractivity contribution in [1.29, 1.82) is 0 Å². The molecule has 1 aliphatic heterocycles. The predicted molar refractivity (Wildman–Crippen MR) is 70.3 cm³/mol. The van der Waals surface area contributed by atoms with Gasteiger partial charge in [0.1, 0.15) is 0 Å². The third-order valence-corrected chi connectivity index (χ3v) is 3.59. The number of methoxy groups -OCH3 is 1. The molecule has 5 heteroatoms. The van der Waals surface area contributed by atoms with Gasteiger partial charge >= 0.3 is 0 Å². The largest absolute Gasteiger partial charge is 0.389 e. The van der Waals surface area contributed by atoms with E-state index in [0.717, 1.165) is 19.4 Å². The highest BCUT2D eigenvalue weighted by Gasteiger charge is 2.38. The summed E-state index contributed by atoms with van der Waals surface area (Å²) in [4.78, 5) is 14.0. The summed E-state index contributed by atoms with van der Waals surface area (Å²) < 4.78 is 4.87. The number of likely N-dealkylation sites (N-methyl/N-ethyl adjacent to an activating group) is 1. The highest BCUT2D eigenvalue weighted by Crippen LogP contribution is 2.30. The lowest BCUT2D eigenvalue weighted by molar-refractivity contribution is -0.137. The molecule has 2 atom stereocenters. The number of aliphatic hydroxyl groups excluding tert-OH is 1. The van der Waals surface area contributed by atoms with E-state index in [1.165, 1.54) is 7.11 Å². The Morgan fingerprint density at radius 1 is 1.61 bits per heavy atom. The van der Waals surface area contributed by atoms with Crippen molar-refractivity contribution in [1.82, 2.24) is 10.2 Å². The lowest BCUT2D eigenvalue weighted by Crippen LogP contribution is -2.56. The zero-order valence-corrected chi connectivity index (χ0v) is 11.9. The van der Waals surface area contributed by atoms with Crippen LogP contribution in [-0.4, -0.2) is 61.9 Å². The van der Waals surface area contributed by atoms with Gasteiger partial charge in [-0.1, -0.05) is 13.8 Å². The quantitative estimate of drug-likeness (QED) is 0.741. The second kappa shape index (κ2) is 6.50. The molecule has 1 heterocycles. The lowest BCUT2D eigenvalue weighted by atomic mass is 9.77. The van der Waals surface area contributed by atoms with Gasteiger partial charge in [-0.25, -0.2) is 0 Å². The van der Waals surface area contributed by atoms with E-state index in [9.17, 15) is 9.90 Å². The number of carbonyl (C=O) groups excluding carboxylic acids is 1. The van der Waals surface area contributed by atoms with Crippen LogP contribution in [0.2, 0.25) is 0 Å². The molecule has 0 bridgehead atoms. The third kappa shape index (κ3) is 3.93. The minimum absolute atomic E-state index is 0.0319. The number of amides is 1. The molecule has 1 amide bonds. The van der Waals surface area contributed by atoms with Gasteiger partial charge in [-0.2, -0.15) is 0 Å². The number of carbonyl (C=O) groups is 1. The van der Waals surface area contributed by atoms with E-state index in [0.29, 0.717) is 6.54 Å². The van der Waals surface area contributed by atoms with Crippen molar-refractivity contribution in [2.75, 3.05) is 33.9 Å². The highest BCUT2D eigenvalue weighted by atomic mass is 16.5. The molecule has 18 heavy (non-hydrogen) atoms. The number of aliphatic hydroxyl groups is 1. The number of hydrogen-bond donors (Lipinski definition) is 2. The second-order valence-corrected chi connectivity index (χ2v) is 5.81. The zero-order valence-electron chi connectivity index (χ0n) is 11.9. The smallest absolute Gasteiger partial charge is 0.240 e. The maximum absolute atomic E-state index is 12.4. The molecule has 5 nitrogen and oxygen atoms in total. The lowest BCUT2D eigenvalue weighted by Gasteiger charge is -2.40. The number of hydrogen-bond acceptors (Lipinski definition) is 4. The zero-order chi connectivity index (χ0) is 13.8. The fraction of sp³-hybridized carbons (Fsp3) is 0.923. The SMILES string of the molecule is COCC(O)CN(C)C(=O)C1NCCCC1(C)C. The van der Waals surface area contributed by atoms with Gasteiger partial charge < -0.3 is 20.1 Å². The molecule has 106 valence electrons. The fourth-order valence-corrected chi connectivity index (χ4v) is 2.50. The van der Waals surface area contributed by atoms with Crippen LogP contribution in [0.25, 0.3) is 0 Å². The molecule has 0 aromatic rings. The van der Waals surface area contributed by atoms with Crippen LogP contribution in [0.5, 0.6) is 0 Å². The number of rotatable bonds is 5. The summed E-state index contributed by atoms with van der Waals surface area (Å²) in [5, 5.41) is 12.9. The minimum Gasteiger partial charge on any atom is -0.389 e. The van der Waals surface area contributed by atoms with Crippen molar-refractivity contribution < 1.29 is 14.6 Å². The first-order valence-corrected chi connectivity index (χ1v) is 6.54. The summed E-state index contributed by atoms with van der Waals surface area (Å²) >= 11 is 0. The first-order chi connectivity index (χ1) is 8.38. The van der Waals surface area contributed by atoms with Crippen LogP contribution >= 0.6 is 0 Å². The van der Waals surface area contributed by atoms with Gasteiger partial charge in [0.05, 0.1) is 18.8 Å². The third-order valence-electron chi connectivity index (χ3n) is 3.59. The van der Waals surface area contributed by atoms with Crippen LogP contribution in [-0.2, 0) is 9.53 Å². The van der Waals surface area contributed by atoms with E-state index in [2.05, 4.69) is 19.2 Å². The number of nitrogens with zero attached hydrogens (tertiary/aromatic N) is 1. The number of ether oxygens (including phenoxy) is 1. The Labute approximate surface area is 109 Å². The fourth-order valence-electron chi connectivity index (χ4n) is 2.50. The molecule has 1 rings (SSSR count). The molecule has 0 aliphatic carbocycles. The van der Waals surface area contributed by atoms with Crippen LogP contribution in [0, 0.1) is 5.41 Å². The molecule has 0 saturated carbocycles. The Balaban J connectivity index is 2.56. The number of nitrogens with one attached hydrogen (secondary N) is 1. The van der Waals surface area contributed by atoms with Crippen molar-refractivity contribution in [3.63, 3.8) is 0 Å². The van der Waals surface area contributed by atoms with Crippen LogP contribution in [0.3, 0.4) is 0 Å². The molecule has 1 aliphatic rings. The Morgan fingerprint density at radius 2 is 2.28 bits per heavy atom. The van der Waals surface area contributed by atoms with Crippen molar-refractivity contribution >= 4 is 5.91 Å². The first-order valence-electron chi connectivity index (χ1n) is 6.54. The van der Waals surface area contributed by atoms with E-state index in [1.807, 2.05) is 0 Å². The second-order valence-electron chi connectivity index (χ2n) is 5.81. The Hall–Kier alpha value is -0.650. The minimum atomic E-state index is -0.629. The van der Waals surface area contributed by atoms with E-state index in [4.69, 9.17) is 4.74 Å². The summed E-state index contributed by atoms with van der Waals surface area (Å²) in [6.45, 7) is 5.66. The summed E-state index contributed by atoms with van der Waals surface area (Å²) in [7, 11) is 3.27. The molecule has 1 fully saturated rings. The van der Waals surface area contributed by atoms with Gasteiger partial charge in [-0.15, -0.1) is 0 Å².